The van der Waals surface area contributed by atoms with E-state index >= 15 is 0 Å². The van der Waals surface area contributed by atoms with E-state index in [0.29, 0.717) is 16.8 Å². The molecule has 2 aromatic heterocycles. The number of nitrogens with one attached hydrogen (secondary N) is 1. The summed E-state index contributed by atoms with van der Waals surface area (Å²) in [6.45, 7) is 1.17. The quantitative estimate of drug-likeness (QED) is 0.462. The molecule has 2 heterocycles. The van der Waals surface area contributed by atoms with Gasteiger partial charge in [0, 0.05) is 5.69 Å². The van der Waals surface area contributed by atoms with Crippen molar-refractivity contribution in [2.24, 2.45) is 0 Å². The maximum absolute atomic E-state index is 13.2. The summed E-state index contributed by atoms with van der Waals surface area (Å²) in [5.74, 6) is -0.978. The van der Waals surface area contributed by atoms with Crippen LogP contribution in [0, 0.1) is 12.7 Å². The Bertz CT molecular complexity index is 1410. The van der Waals surface area contributed by atoms with Crippen molar-refractivity contribution in [2.45, 2.75) is 26.2 Å². The van der Waals surface area contributed by atoms with Crippen LogP contribution in [0.1, 0.15) is 16.7 Å². The van der Waals surface area contributed by atoms with Crippen LogP contribution < -0.4 is 10.9 Å². The molecule has 4 aromatic rings. The maximum atomic E-state index is 13.2. The van der Waals surface area contributed by atoms with Gasteiger partial charge in [0.05, 0.1) is 12.1 Å². The van der Waals surface area contributed by atoms with Gasteiger partial charge in [-0.2, -0.15) is 13.2 Å². The Hall–Kier alpha value is -4.09. The fourth-order valence-corrected chi connectivity index (χ4v) is 3.24. The number of aryl methyl sites for hydroxylation is 1. The fourth-order valence-electron chi connectivity index (χ4n) is 3.24. The number of aromatic nitrogens is 5. The third-order valence-corrected chi connectivity index (χ3v) is 4.85. The highest BCUT2D eigenvalue weighted by Crippen LogP contribution is 2.29. The Kier molecular flexibility index (Phi) is 5.66. The second-order valence-corrected chi connectivity index (χ2v) is 7.30. The Labute approximate surface area is 183 Å². The van der Waals surface area contributed by atoms with Crippen molar-refractivity contribution in [1.29, 1.82) is 0 Å². The zero-order valence-corrected chi connectivity index (χ0v) is 17.1. The zero-order valence-electron chi connectivity index (χ0n) is 17.1. The molecule has 0 bridgehead atoms. The maximum Gasteiger partial charge on any atom is 0.416 e. The van der Waals surface area contributed by atoms with Crippen LogP contribution in [0.5, 0.6) is 0 Å². The first-order valence-corrected chi connectivity index (χ1v) is 9.62. The van der Waals surface area contributed by atoms with Crippen LogP contribution in [0.15, 0.2) is 53.6 Å². The van der Waals surface area contributed by atoms with Gasteiger partial charge in [0.25, 0.3) is 5.56 Å². The highest BCUT2D eigenvalue weighted by Gasteiger charge is 2.30. The third kappa shape index (κ3) is 4.73. The first-order valence-electron chi connectivity index (χ1n) is 9.62. The highest BCUT2D eigenvalue weighted by molar-refractivity contribution is 5.91. The van der Waals surface area contributed by atoms with Crippen LogP contribution in [0.2, 0.25) is 0 Å². The lowest BCUT2D eigenvalue weighted by Gasteiger charge is -2.10. The molecule has 33 heavy (non-hydrogen) atoms. The number of alkyl halides is 3. The van der Waals surface area contributed by atoms with Gasteiger partial charge in [-0.1, -0.05) is 17.3 Å². The number of rotatable bonds is 5. The molecule has 0 saturated carbocycles. The topological polar surface area (TPSA) is 94.7 Å². The molecular weight excluding hydrogens is 444 g/mol. The van der Waals surface area contributed by atoms with Crippen LogP contribution in [0.4, 0.5) is 23.2 Å². The van der Waals surface area contributed by atoms with E-state index in [1.54, 1.807) is 6.92 Å². The van der Waals surface area contributed by atoms with E-state index in [1.165, 1.54) is 35.0 Å². The molecule has 4 rings (SSSR count). The average molecular weight is 460 g/mol. The minimum atomic E-state index is -4.49. The summed E-state index contributed by atoms with van der Waals surface area (Å²) >= 11 is 0. The van der Waals surface area contributed by atoms with Gasteiger partial charge in [-0.25, -0.2) is 14.1 Å². The van der Waals surface area contributed by atoms with Gasteiger partial charge in [0.1, 0.15) is 18.7 Å². The summed E-state index contributed by atoms with van der Waals surface area (Å²) in [7, 11) is 0. The molecule has 12 heteroatoms. The molecule has 0 aliphatic carbocycles. The number of amides is 1. The van der Waals surface area contributed by atoms with E-state index in [2.05, 4.69) is 20.6 Å². The van der Waals surface area contributed by atoms with Gasteiger partial charge in [-0.05, 0) is 48.4 Å². The predicted octanol–water partition coefficient (Wildman–Crippen LogP) is 3.14. The number of hydrogen-bond donors (Lipinski definition) is 1. The van der Waals surface area contributed by atoms with Crippen molar-refractivity contribution < 1.29 is 22.4 Å². The standard InChI is InChI=1S/C21H16F4N6O2/c1-12-7-15(22)5-6-16(12)27-17(32)10-30-11-26-19-18(20(30)33)28-29-31(19)9-13-3-2-4-14(8-13)21(23,24)25/h2-8,11H,9-10H2,1H3,(H,27,32). The number of hydrogen-bond acceptors (Lipinski definition) is 5. The van der Waals surface area contributed by atoms with Crippen molar-refractivity contribution in [3.8, 4) is 0 Å². The summed E-state index contributed by atoms with van der Waals surface area (Å²) in [5.41, 5.74) is -0.281. The molecule has 0 radical (unpaired) electrons. The van der Waals surface area contributed by atoms with Crippen molar-refractivity contribution >= 4 is 22.8 Å². The summed E-state index contributed by atoms with van der Waals surface area (Å²) in [4.78, 5) is 29.2. The first-order chi connectivity index (χ1) is 15.6. The van der Waals surface area contributed by atoms with Gasteiger partial charge in [0.2, 0.25) is 5.91 Å². The Morgan fingerprint density at radius 1 is 1.15 bits per heavy atom. The Balaban J connectivity index is 1.55. The van der Waals surface area contributed by atoms with Gasteiger partial charge in [-0.15, -0.1) is 5.10 Å². The predicted molar refractivity (Wildman–Crippen MR) is 110 cm³/mol. The molecule has 0 aliphatic rings. The van der Waals surface area contributed by atoms with Crippen LogP contribution in [-0.4, -0.2) is 30.5 Å². The number of nitrogens with zero attached hydrogens (tertiary/aromatic N) is 5. The molecule has 1 amide bonds. The number of anilines is 1. The van der Waals surface area contributed by atoms with E-state index in [4.69, 9.17) is 0 Å². The number of benzene rings is 2. The first kappa shape index (κ1) is 22.1. The molecular formula is C21H16F4N6O2. The monoisotopic (exact) mass is 460 g/mol. The molecule has 170 valence electrons. The van der Waals surface area contributed by atoms with Crippen LogP contribution >= 0.6 is 0 Å². The van der Waals surface area contributed by atoms with Crippen molar-refractivity contribution in [1.82, 2.24) is 24.5 Å². The minimum Gasteiger partial charge on any atom is -0.324 e. The van der Waals surface area contributed by atoms with Crippen molar-refractivity contribution in [2.75, 3.05) is 5.32 Å². The van der Waals surface area contributed by atoms with Gasteiger partial charge in [-0.3, -0.25) is 14.2 Å². The summed E-state index contributed by atoms with van der Waals surface area (Å²) in [6, 6.07) is 8.58. The Morgan fingerprint density at radius 2 is 1.94 bits per heavy atom. The Morgan fingerprint density at radius 3 is 2.67 bits per heavy atom. The van der Waals surface area contributed by atoms with Gasteiger partial charge < -0.3 is 5.32 Å². The lowest BCUT2D eigenvalue weighted by Crippen LogP contribution is -2.28. The van der Waals surface area contributed by atoms with E-state index < -0.39 is 29.0 Å². The number of fused-ring (bicyclic) bond motifs is 1. The van der Waals surface area contributed by atoms with Crippen LogP contribution in [0.3, 0.4) is 0 Å². The van der Waals surface area contributed by atoms with E-state index in [0.717, 1.165) is 23.0 Å². The fraction of sp³-hybridized carbons (Fsp3) is 0.190. The second-order valence-electron chi connectivity index (χ2n) is 7.30. The largest absolute Gasteiger partial charge is 0.416 e. The molecule has 0 fully saturated rings. The average Bonchev–Trinajstić information content (AvgIpc) is 3.15. The number of carbonyl (C=O) groups is 1. The number of halogens is 4. The van der Waals surface area contributed by atoms with E-state index in [9.17, 15) is 27.2 Å². The van der Waals surface area contributed by atoms with Gasteiger partial charge >= 0.3 is 6.18 Å². The number of carbonyl (C=O) groups excluding carboxylic acids is 1. The summed E-state index contributed by atoms with van der Waals surface area (Å²) in [6.07, 6.45) is -3.35. The van der Waals surface area contributed by atoms with Gasteiger partial charge in [0.15, 0.2) is 11.2 Å². The van der Waals surface area contributed by atoms with Crippen molar-refractivity contribution in [3.05, 3.63) is 81.7 Å². The lowest BCUT2D eigenvalue weighted by molar-refractivity contribution is -0.137. The summed E-state index contributed by atoms with van der Waals surface area (Å²) < 4.78 is 54.3. The van der Waals surface area contributed by atoms with Crippen molar-refractivity contribution in [3.63, 3.8) is 0 Å². The molecule has 0 aliphatic heterocycles. The second kappa shape index (κ2) is 8.45. The SMILES string of the molecule is Cc1cc(F)ccc1NC(=O)Cn1cnc2c(nnn2Cc2cccc(C(F)(F)F)c2)c1=O. The molecule has 2 aromatic carbocycles. The molecule has 0 saturated heterocycles. The molecule has 0 atom stereocenters. The zero-order chi connectivity index (χ0) is 23.8. The molecule has 0 unspecified atom stereocenters. The summed E-state index contributed by atoms with van der Waals surface area (Å²) in [5, 5.41) is 10.2. The molecule has 8 nitrogen and oxygen atoms in total. The lowest BCUT2D eigenvalue weighted by atomic mass is 10.1. The normalized spacial score (nSPS) is 11.7. The van der Waals surface area contributed by atoms with Crippen LogP contribution in [0.25, 0.3) is 11.2 Å². The molecule has 0 spiro atoms. The minimum absolute atomic E-state index is 0.0726. The van der Waals surface area contributed by atoms with Crippen LogP contribution in [-0.2, 0) is 24.1 Å². The van der Waals surface area contributed by atoms with E-state index in [-0.39, 0.29) is 24.3 Å². The molecule has 1 N–H and O–H groups in total. The highest BCUT2D eigenvalue weighted by atomic mass is 19.4. The van der Waals surface area contributed by atoms with E-state index in [1.807, 2.05) is 0 Å². The smallest absolute Gasteiger partial charge is 0.324 e. The third-order valence-electron chi connectivity index (χ3n) is 4.85.